The average molecular weight is 199 g/mol. The van der Waals surface area contributed by atoms with Crippen LogP contribution < -0.4 is 0 Å². The molecular formula is C11H21NO2. The summed E-state index contributed by atoms with van der Waals surface area (Å²) in [4.78, 5) is 2.43. The third-order valence-electron chi connectivity index (χ3n) is 3.87. The van der Waals surface area contributed by atoms with Crippen molar-refractivity contribution >= 4 is 0 Å². The first-order chi connectivity index (χ1) is 6.70. The van der Waals surface area contributed by atoms with E-state index >= 15 is 0 Å². The van der Waals surface area contributed by atoms with Gasteiger partial charge >= 0.3 is 0 Å². The second-order valence-corrected chi connectivity index (χ2v) is 4.81. The number of piperidine rings is 1. The van der Waals surface area contributed by atoms with Gasteiger partial charge in [0.1, 0.15) is 0 Å². The monoisotopic (exact) mass is 199 g/mol. The number of β-amino-alcohol motifs (C(OH)–C–C–N with tert-alkyl or cyclic N) is 1. The summed E-state index contributed by atoms with van der Waals surface area (Å²) in [5.74, 6) is 0.476. The molecule has 3 heteroatoms. The molecule has 0 bridgehead atoms. The zero-order valence-electron chi connectivity index (χ0n) is 9.15. The van der Waals surface area contributed by atoms with Crippen molar-refractivity contribution in [3.05, 3.63) is 0 Å². The first kappa shape index (κ1) is 10.4. The number of aliphatic hydroxyl groups excluding tert-OH is 1. The van der Waals surface area contributed by atoms with E-state index in [2.05, 4.69) is 11.8 Å². The van der Waals surface area contributed by atoms with Crippen LogP contribution in [0.1, 0.15) is 26.2 Å². The van der Waals surface area contributed by atoms with Crippen molar-refractivity contribution < 1.29 is 9.84 Å². The highest BCUT2D eigenvalue weighted by molar-refractivity contribution is 4.91. The highest BCUT2D eigenvalue weighted by Crippen LogP contribution is 2.30. The minimum absolute atomic E-state index is 0.120. The summed E-state index contributed by atoms with van der Waals surface area (Å²) in [6.45, 7) is 4.16. The molecule has 2 aliphatic rings. The van der Waals surface area contributed by atoms with E-state index in [0.29, 0.717) is 18.1 Å². The number of rotatable bonds is 2. The Morgan fingerprint density at radius 1 is 1.36 bits per heavy atom. The van der Waals surface area contributed by atoms with Gasteiger partial charge in [-0.05, 0) is 31.7 Å². The lowest BCUT2D eigenvalue weighted by Crippen LogP contribution is -2.54. The number of likely N-dealkylation sites (tertiary alicyclic amines) is 1. The molecule has 2 atom stereocenters. The highest BCUT2D eigenvalue weighted by Gasteiger charge is 2.36. The molecule has 0 radical (unpaired) electrons. The fourth-order valence-corrected chi connectivity index (χ4v) is 2.43. The van der Waals surface area contributed by atoms with Gasteiger partial charge in [-0.1, -0.05) is 6.92 Å². The van der Waals surface area contributed by atoms with Crippen LogP contribution in [-0.2, 0) is 4.74 Å². The normalized spacial score (nSPS) is 44.8. The standard InChI is InChI=1S/C11H21NO2/c1-8-3-4-12(7-11(8)13)9-5-10(6-9)14-2/h8-11,13H,3-7H2,1-2H3/t8-,9-,10-,11+/m1/s1. The Labute approximate surface area is 86.0 Å². The van der Waals surface area contributed by atoms with Crippen LogP contribution in [0.4, 0.5) is 0 Å². The number of methoxy groups -OCH3 is 1. The Hall–Kier alpha value is -0.120. The van der Waals surface area contributed by atoms with Gasteiger partial charge in [-0.25, -0.2) is 0 Å². The van der Waals surface area contributed by atoms with Crippen molar-refractivity contribution in [2.45, 2.75) is 44.4 Å². The van der Waals surface area contributed by atoms with Gasteiger partial charge in [0.25, 0.3) is 0 Å². The first-order valence-electron chi connectivity index (χ1n) is 5.65. The van der Waals surface area contributed by atoms with Crippen molar-refractivity contribution in [2.24, 2.45) is 5.92 Å². The maximum Gasteiger partial charge on any atom is 0.0693 e. The Morgan fingerprint density at radius 3 is 2.64 bits per heavy atom. The zero-order valence-corrected chi connectivity index (χ0v) is 9.15. The summed E-state index contributed by atoms with van der Waals surface area (Å²) in [6, 6.07) is 0.669. The van der Waals surface area contributed by atoms with Gasteiger partial charge in [-0.2, -0.15) is 0 Å². The van der Waals surface area contributed by atoms with E-state index in [-0.39, 0.29) is 6.10 Å². The molecule has 1 saturated carbocycles. The smallest absolute Gasteiger partial charge is 0.0693 e. The molecule has 1 N–H and O–H groups in total. The molecule has 2 fully saturated rings. The minimum Gasteiger partial charge on any atom is -0.392 e. The quantitative estimate of drug-likeness (QED) is 0.716. The van der Waals surface area contributed by atoms with E-state index in [9.17, 15) is 5.11 Å². The lowest BCUT2D eigenvalue weighted by Gasteiger charge is -2.46. The van der Waals surface area contributed by atoms with Gasteiger partial charge < -0.3 is 9.84 Å². The zero-order chi connectivity index (χ0) is 10.1. The highest BCUT2D eigenvalue weighted by atomic mass is 16.5. The Bertz CT molecular complexity index is 192. The average Bonchev–Trinajstić information content (AvgIpc) is 2.09. The Balaban J connectivity index is 1.78. The summed E-state index contributed by atoms with van der Waals surface area (Å²) in [5.41, 5.74) is 0. The molecule has 1 aliphatic carbocycles. The topological polar surface area (TPSA) is 32.7 Å². The van der Waals surface area contributed by atoms with E-state index in [1.165, 1.54) is 0 Å². The molecule has 1 aliphatic heterocycles. The van der Waals surface area contributed by atoms with Crippen molar-refractivity contribution in [3.63, 3.8) is 0 Å². The van der Waals surface area contributed by atoms with Crippen LogP contribution in [-0.4, -0.2) is 48.5 Å². The van der Waals surface area contributed by atoms with Crippen molar-refractivity contribution in [2.75, 3.05) is 20.2 Å². The molecular weight excluding hydrogens is 178 g/mol. The molecule has 0 aromatic heterocycles. The van der Waals surface area contributed by atoms with Crippen molar-refractivity contribution in [1.82, 2.24) is 4.90 Å². The van der Waals surface area contributed by atoms with E-state index in [4.69, 9.17) is 4.74 Å². The minimum atomic E-state index is -0.120. The molecule has 82 valence electrons. The second-order valence-electron chi connectivity index (χ2n) is 4.81. The van der Waals surface area contributed by atoms with Crippen LogP contribution in [0.3, 0.4) is 0 Å². The Morgan fingerprint density at radius 2 is 2.07 bits per heavy atom. The van der Waals surface area contributed by atoms with Crippen LogP contribution >= 0.6 is 0 Å². The van der Waals surface area contributed by atoms with Gasteiger partial charge in [0, 0.05) is 19.7 Å². The summed E-state index contributed by atoms with van der Waals surface area (Å²) in [7, 11) is 1.79. The molecule has 1 saturated heterocycles. The third-order valence-corrected chi connectivity index (χ3v) is 3.87. The van der Waals surface area contributed by atoms with E-state index in [0.717, 1.165) is 32.4 Å². The molecule has 0 aromatic carbocycles. The number of aliphatic hydroxyl groups is 1. The van der Waals surface area contributed by atoms with Gasteiger partial charge in [-0.3, -0.25) is 4.90 Å². The van der Waals surface area contributed by atoms with Gasteiger partial charge in [0.15, 0.2) is 0 Å². The molecule has 0 spiro atoms. The predicted octanol–water partition coefficient (Wildman–Crippen LogP) is 0.866. The largest absolute Gasteiger partial charge is 0.392 e. The lowest BCUT2D eigenvalue weighted by molar-refractivity contribution is -0.0615. The fourth-order valence-electron chi connectivity index (χ4n) is 2.43. The van der Waals surface area contributed by atoms with Crippen LogP contribution in [0, 0.1) is 5.92 Å². The summed E-state index contributed by atoms with van der Waals surface area (Å²) < 4.78 is 5.27. The maximum atomic E-state index is 9.77. The summed E-state index contributed by atoms with van der Waals surface area (Å²) in [6.07, 6.45) is 3.78. The van der Waals surface area contributed by atoms with Crippen LogP contribution in [0.2, 0.25) is 0 Å². The number of nitrogens with zero attached hydrogens (tertiary/aromatic N) is 1. The van der Waals surface area contributed by atoms with Crippen molar-refractivity contribution in [1.29, 1.82) is 0 Å². The van der Waals surface area contributed by atoms with Crippen LogP contribution in [0.15, 0.2) is 0 Å². The molecule has 0 aromatic rings. The number of hydrogen-bond donors (Lipinski definition) is 1. The van der Waals surface area contributed by atoms with Gasteiger partial charge in [0.2, 0.25) is 0 Å². The molecule has 0 unspecified atom stereocenters. The van der Waals surface area contributed by atoms with Crippen molar-refractivity contribution in [3.8, 4) is 0 Å². The second kappa shape index (κ2) is 4.17. The first-order valence-corrected chi connectivity index (χ1v) is 5.65. The predicted molar refractivity (Wildman–Crippen MR) is 55.2 cm³/mol. The number of hydrogen-bond acceptors (Lipinski definition) is 3. The fraction of sp³-hybridized carbons (Fsp3) is 1.00. The molecule has 14 heavy (non-hydrogen) atoms. The van der Waals surface area contributed by atoms with Gasteiger partial charge in [-0.15, -0.1) is 0 Å². The molecule has 0 amide bonds. The molecule has 1 heterocycles. The maximum absolute atomic E-state index is 9.77. The van der Waals surface area contributed by atoms with Gasteiger partial charge in [0.05, 0.1) is 12.2 Å². The van der Waals surface area contributed by atoms with Crippen LogP contribution in [0.25, 0.3) is 0 Å². The summed E-state index contributed by atoms with van der Waals surface area (Å²) in [5, 5.41) is 9.77. The lowest BCUT2D eigenvalue weighted by atomic mass is 9.85. The van der Waals surface area contributed by atoms with E-state index < -0.39 is 0 Å². The molecule has 2 rings (SSSR count). The summed E-state index contributed by atoms with van der Waals surface area (Å²) >= 11 is 0. The third kappa shape index (κ3) is 1.95. The molecule has 3 nitrogen and oxygen atoms in total. The van der Waals surface area contributed by atoms with E-state index in [1.54, 1.807) is 7.11 Å². The SMILES string of the molecule is CO[C@H]1C[C@H](N2CC[C@@H](C)[C@@H](O)C2)C1. The van der Waals surface area contributed by atoms with Crippen LogP contribution in [0.5, 0.6) is 0 Å². The van der Waals surface area contributed by atoms with E-state index in [1.807, 2.05) is 0 Å². The number of ether oxygens (including phenoxy) is 1. The Kier molecular flexibility index (Phi) is 3.10.